The van der Waals surface area contributed by atoms with Crippen LogP contribution in [-0.4, -0.2) is 45.1 Å². The summed E-state index contributed by atoms with van der Waals surface area (Å²) < 4.78 is 7.54. The van der Waals surface area contributed by atoms with Gasteiger partial charge < -0.3 is 4.74 Å². The van der Waals surface area contributed by atoms with Crippen molar-refractivity contribution in [2.75, 3.05) is 19.7 Å². The lowest BCUT2D eigenvalue weighted by molar-refractivity contribution is -0.159. The van der Waals surface area contributed by atoms with Gasteiger partial charge in [-0.05, 0) is 68.6 Å². The Morgan fingerprint density at radius 2 is 2.03 bits per heavy atom. The molecular formula is C24H27ClN4O2. The molecule has 3 aromatic rings. The predicted octanol–water partition coefficient (Wildman–Crippen LogP) is 4.31. The summed E-state index contributed by atoms with van der Waals surface area (Å²) in [6.45, 7) is 4.52. The summed E-state index contributed by atoms with van der Waals surface area (Å²) in [5, 5.41) is 0.685. The van der Waals surface area contributed by atoms with Crippen molar-refractivity contribution >= 4 is 17.6 Å². The highest BCUT2D eigenvalue weighted by Gasteiger charge is 2.43. The molecule has 1 saturated heterocycles. The molecule has 2 aromatic heterocycles. The van der Waals surface area contributed by atoms with E-state index in [4.69, 9.17) is 16.3 Å². The molecule has 0 bridgehead atoms. The topological polar surface area (TPSA) is 60.2 Å². The fraction of sp³-hybridized carbons (Fsp3) is 0.375. The predicted molar refractivity (Wildman–Crippen MR) is 120 cm³/mol. The van der Waals surface area contributed by atoms with E-state index in [2.05, 4.69) is 20.9 Å². The van der Waals surface area contributed by atoms with Crippen LogP contribution in [0.2, 0.25) is 5.02 Å². The van der Waals surface area contributed by atoms with Crippen LogP contribution in [0.1, 0.15) is 31.0 Å². The van der Waals surface area contributed by atoms with Gasteiger partial charge in [0.25, 0.3) is 0 Å². The van der Waals surface area contributed by atoms with Crippen molar-refractivity contribution in [3.05, 3.63) is 77.3 Å². The third-order valence-electron chi connectivity index (χ3n) is 5.78. The van der Waals surface area contributed by atoms with Gasteiger partial charge in [0, 0.05) is 42.4 Å². The Kier molecular flexibility index (Phi) is 6.68. The minimum Gasteiger partial charge on any atom is -0.466 e. The lowest BCUT2D eigenvalue weighted by Gasteiger charge is -2.41. The molecule has 4 rings (SSSR count). The molecule has 0 N–H and O–H groups in total. The first-order valence-electron chi connectivity index (χ1n) is 10.7. The van der Waals surface area contributed by atoms with Gasteiger partial charge >= 0.3 is 5.97 Å². The number of carbonyl (C=O) groups excluding carboxylic acids is 1. The Morgan fingerprint density at radius 3 is 2.81 bits per heavy atom. The zero-order valence-corrected chi connectivity index (χ0v) is 18.5. The second-order valence-corrected chi connectivity index (χ2v) is 8.48. The zero-order chi connectivity index (χ0) is 21.7. The van der Waals surface area contributed by atoms with E-state index in [0.29, 0.717) is 37.1 Å². The van der Waals surface area contributed by atoms with Gasteiger partial charge in [-0.3, -0.25) is 14.3 Å². The average Bonchev–Trinajstić information content (AvgIpc) is 3.23. The van der Waals surface area contributed by atoms with Crippen molar-refractivity contribution in [3.8, 4) is 5.95 Å². The van der Waals surface area contributed by atoms with E-state index < -0.39 is 5.41 Å². The molecule has 0 radical (unpaired) electrons. The van der Waals surface area contributed by atoms with Crippen LogP contribution >= 0.6 is 11.6 Å². The number of nitrogens with zero attached hydrogens (tertiary/aromatic N) is 4. The Bertz CT molecular complexity index is 1020. The lowest BCUT2D eigenvalue weighted by Crippen LogP contribution is -2.49. The molecule has 31 heavy (non-hydrogen) atoms. The van der Waals surface area contributed by atoms with Crippen LogP contribution in [0.4, 0.5) is 0 Å². The molecule has 0 unspecified atom stereocenters. The van der Waals surface area contributed by atoms with Gasteiger partial charge in [0.15, 0.2) is 0 Å². The highest BCUT2D eigenvalue weighted by atomic mass is 35.5. The molecule has 0 amide bonds. The van der Waals surface area contributed by atoms with Crippen LogP contribution in [0.3, 0.4) is 0 Å². The quantitative estimate of drug-likeness (QED) is 0.514. The molecule has 1 aliphatic rings. The summed E-state index contributed by atoms with van der Waals surface area (Å²) in [4.78, 5) is 24.2. The zero-order valence-electron chi connectivity index (χ0n) is 17.7. The van der Waals surface area contributed by atoms with E-state index in [-0.39, 0.29) is 5.97 Å². The van der Waals surface area contributed by atoms with Crippen molar-refractivity contribution < 1.29 is 9.53 Å². The molecule has 1 fully saturated rings. The Morgan fingerprint density at radius 1 is 1.19 bits per heavy atom. The monoisotopic (exact) mass is 438 g/mol. The summed E-state index contributed by atoms with van der Waals surface area (Å²) in [5.74, 6) is 0.525. The van der Waals surface area contributed by atoms with E-state index in [9.17, 15) is 4.79 Å². The lowest BCUT2D eigenvalue weighted by atomic mass is 9.75. The van der Waals surface area contributed by atoms with E-state index in [1.807, 2.05) is 48.0 Å². The van der Waals surface area contributed by atoms with E-state index in [1.54, 1.807) is 18.5 Å². The maximum absolute atomic E-state index is 13.1. The number of hydrogen-bond acceptors (Lipinski definition) is 5. The number of esters is 1. The second-order valence-electron chi connectivity index (χ2n) is 8.04. The number of piperidine rings is 1. The largest absolute Gasteiger partial charge is 0.466 e. The number of ether oxygens (including phenoxy) is 1. The first-order valence-corrected chi connectivity index (χ1v) is 11.0. The average molecular weight is 439 g/mol. The summed E-state index contributed by atoms with van der Waals surface area (Å²) >= 11 is 6.21. The van der Waals surface area contributed by atoms with Crippen molar-refractivity contribution in [2.45, 2.75) is 32.7 Å². The molecule has 1 atom stereocenters. The summed E-state index contributed by atoms with van der Waals surface area (Å²) in [7, 11) is 0. The maximum atomic E-state index is 13.1. The van der Waals surface area contributed by atoms with Crippen LogP contribution in [-0.2, 0) is 22.5 Å². The smallest absolute Gasteiger partial charge is 0.313 e. The Balaban J connectivity index is 1.57. The molecule has 1 aromatic carbocycles. The van der Waals surface area contributed by atoms with Crippen molar-refractivity contribution in [1.29, 1.82) is 0 Å². The number of halogens is 1. The van der Waals surface area contributed by atoms with E-state index in [0.717, 1.165) is 30.6 Å². The summed E-state index contributed by atoms with van der Waals surface area (Å²) in [5.41, 5.74) is 1.57. The van der Waals surface area contributed by atoms with Crippen molar-refractivity contribution in [2.24, 2.45) is 5.41 Å². The number of rotatable bonds is 7. The molecule has 0 spiro atoms. The number of carbonyl (C=O) groups is 1. The van der Waals surface area contributed by atoms with E-state index in [1.165, 1.54) is 0 Å². The van der Waals surface area contributed by atoms with Crippen LogP contribution in [0.15, 0.2) is 61.1 Å². The normalized spacial score (nSPS) is 19.3. The highest BCUT2D eigenvalue weighted by Crippen LogP contribution is 2.36. The standard InChI is InChI=1S/C24H27ClN4O2/c1-2-31-22(30)24(16-19-7-3-8-20(25)15-19)10-5-13-28(18-24)17-21-9-4-14-29(21)23-26-11-6-12-27-23/h3-4,6-9,11-12,14-15H,2,5,10,13,16-18H2,1H3/t24-/m1/s1. The van der Waals surface area contributed by atoms with Gasteiger partial charge in [-0.15, -0.1) is 0 Å². The molecule has 3 heterocycles. The molecule has 162 valence electrons. The maximum Gasteiger partial charge on any atom is 0.313 e. The Labute approximate surface area is 187 Å². The third-order valence-corrected chi connectivity index (χ3v) is 6.02. The summed E-state index contributed by atoms with van der Waals surface area (Å²) in [6.07, 6.45) is 7.80. The first kappa shape index (κ1) is 21.5. The van der Waals surface area contributed by atoms with Gasteiger partial charge in [0.05, 0.1) is 12.0 Å². The van der Waals surface area contributed by atoms with Gasteiger partial charge in [0.1, 0.15) is 0 Å². The van der Waals surface area contributed by atoms with Crippen LogP contribution < -0.4 is 0 Å². The second kappa shape index (κ2) is 9.62. The molecule has 1 aliphatic heterocycles. The molecule has 7 heteroatoms. The van der Waals surface area contributed by atoms with Crippen LogP contribution in [0, 0.1) is 5.41 Å². The minimum atomic E-state index is -0.584. The number of likely N-dealkylation sites (tertiary alicyclic amines) is 1. The fourth-order valence-corrected chi connectivity index (χ4v) is 4.66. The first-order chi connectivity index (χ1) is 15.1. The molecule has 6 nitrogen and oxygen atoms in total. The van der Waals surface area contributed by atoms with Crippen LogP contribution in [0.5, 0.6) is 0 Å². The minimum absolute atomic E-state index is 0.124. The number of benzene rings is 1. The van der Waals surface area contributed by atoms with Crippen molar-refractivity contribution in [1.82, 2.24) is 19.4 Å². The van der Waals surface area contributed by atoms with Gasteiger partial charge in [-0.2, -0.15) is 0 Å². The summed E-state index contributed by atoms with van der Waals surface area (Å²) in [6, 6.07) is 13.6. The van der Waals surface area contributed by atoms with Gasteiger partial charge in [-0.1, -0.05) is 23.7 Å². The molecular weight excluding hydrogens is 412 g/mol. The van der Waals surface area contributed by atoms with Gasteiger partial charge in [-0.25, -0.2) is 9.97 Å². The van der Waals surface area contributed by atoms with Crippen LogP contribution in [0.25, 0.3) is 5.95 Å². The molecule has 0 saturated carbocycles. The number of hydrogen-bond donors (Lipinski definition) is 0. The number of aromatic nitrogens is 3. The SMILES string of the molecule is CCOC(=O)[C@@]1(Cc2cccc(Cl)c2)CCCN(Cc2cccn2-c2ncccn2)C1. The fourth-order valence-electron chi connectivity index (χ4n) is 4.45. The van der Waals surface area contributed by atoms with Crippen molar-refractivity contribution in [3.63, 3.8) is 0 Å². The highest BCUT2D eigenvalue weighted by molar-refractivity contribution is 6.30. The third kappa shape index (κ3) is 4.97. The Hall–Kier alpha value is -2.70. The molecule has 0 aliphatic carbocycles. The van der Waals surface area contributed by atoms with E-state index >= 15 is 0 Å². The van der Waals surface area contributed by atoms with Gasteiger partial charge in [0.2, 0.25) is 5.95 Å².